The van der Waals surface area contributed by atoms with Gasteiger partial charge in [-0.3, -0.25) is 4.79 Å². The maximum Gasteiger partial charge on any atom is 0.319 e. The van der Waals surface area contributed by atoms with Crippen LogP contribution >= 0.6 is 0 Å². The molecule has 3 amide bonds. The van der Waals surface area contributed by atoms with Gasteiger partial charge in [-0.05, 0) is 24.8 Å². The molecule has 1 aromatic carbocycles. The molecule has 0 spiro atoms. The van der Waals surface area contributed by atoms with Gasteiger partial charge >= 0.3 is 6.03 Å². The van der Waals surface area contributed by atoms with E-state index in [1.807, 2.05) is 28.0 Å². The summed E-state index contributed by atoms with van der Waals surface area (Å²) < 4.78 is 0. The van der Waals surface area contributed by atoms with Gasteiger partial charge in [0, 0.05) is 46.2 Å². The van der Waals surface area contributed by atoms with Crippen molar-refractivity contribution >= 4 is 11.9 Å². The van der Waals surface area contributed by atoms with E-state index in [1.54, 1.807) is 25.1 Å². The van der Waals surface area contributed by atoms with Crippen LogP contribution in [0.25, 0.3) is 0 Å². The van der Waals surface area contributed by atoms with E-state index in [9.17, 15) is 9.59 Å². The molecule has 1 saturated heterocycles. The van der Waals surface area contributed by atoms with Crippen molar-refractivity contribution in [3.05, 3.63) is 48.6 Å². The molecular weight excluding hydrogens is 314 g/mol. The number of carbonyl (C=O) groups is 2. The quantitative estimate of drug-likeness (QED) is 0.745. The Labute approximate surface area is 150 Å². The van der Waals surface area contributed by atoms with Crippen molar-refractivity contribution in [1.29, 1.82) is 0 Å². The molecule has 1 aliphatic heterocycles. The molecule has 1 aliphatic rings. The second-order valence-electron chi connectivity index (χ2n) is 6.75. The molecule has 5 heteroatoms. The fourth-order valence-corrected chi connectivity index (χ4v) is 3.21. The van der Waals surface area contributed by atoms with Crippen LogP contribution in [0.1, 0.15) is 18.4 Å². The van der Waals surface area contributed by atoms with E-state index < -0.39 is 0 Å². The molecule has 0 N–H and O–H groups in total. The van der Waals surface area contributed by atoms with E-state index in [1.165, 1.54) is 5.56 Å². The fourth-order valence-electron chi connectivity index (χ4n) is 3.21. The van der Waals surface area contributed by atoms with E-state index >= 15 is 0 Å². The lowest BCUT2D eigenvalue weighted by Crippen LogP contribution is -2.47. The summed E-state index contributed by atoms with van der Waals surface area (Å²) in [6.45, 7) is 6.35. The van der Waals surface area contributed by atoms with Gasteiger partial charge in [-0.1, -0.05) is 36.4 Å². The highest BCUT2D eigenvalue weighted by atomic mass is 16.2. The first-order valence-corrected chi connectivity index (χ1v) is 8.92. The zero-order chi connectivity index (χ0) is 18.2. The second kappa shape index (κ2) is 9.25. The molecule has 0 aromatic heterocycles. The lowest BCUT2D eigenvalue weighted by molar-refractivity contribution is -0.136. The molecule has 136 valence electrons. The van der Waals surface area contributed by atoms with E-state index in [0.717, 1.165) is 19.3 Å². The zero-order valence-corrected chi connectivity index (χ0v) is 15.4. The number of hydrogen-bond donors (Lipinski definition) is 0. The standard InChI is InChI=1S/C20H29N3O2/c1-4-13-22(14-10-17-8-6-5-7-9-17)19(24)18-11-15-23(16-12-18)20(25)21(2)3/h4-9,18H,1,10-16H2,2-3H3. The average molecular weight is 343 g/mol. The summed E-state index contributed by atoms with van der Waals surface area (Å²) in [6.07, 6.45) is 4.10. The summed E-state index contributed by atoms with van der Waals surface area (Å²) in [7, 11) is 3.52. The van der Waals surface area contributed by atoms with Gasteiger partial charge in [0.2, 0.25) is 5.91 Å². The molecule has 0 bridgehead atoms. The van der Waals surface area contributed by atoms with Crippen molar-refractivity contribution in [1.82, 2.24) is 14.7 Å². The van der Waals surface area contributed by atoms with Crippen molar-refractivity contribution in [2.24, 2.45) is 5.92 Å². The van der Waals surface area contributed by atoms with Crippen LogP contribution in [0, 0.1) is 5.92 Å². The maximum atomic E-state index is 12.9. The molecule has 0 aliphatic carbocycles. The van der Waals surface area contributed by atoms with Crippen molar-refractivity contribution < 1.29 is 9.59 Å². The Morgan fingerprint density at radius 3 is 2.40 bits per heavy atom. The maximum absolute atomic E-state index is 12.9. The van der Waals surface area contributed by atoms with Crippen LogP contribution in [0.5, 0.6) is 0 Å². The van der Waals surface area contributed by atoms with Gasteiger partial charge in [0.15, 0.2) is 0 Å². The van der Waals surface area contributed by atoms with Crippen LogP contribution in [-0.4, -0.2) is 66.9 Å². The fraction of sp³-hybridized carbons (Fsp3) is 0.500. The topological polar surface area (TPSA) is 43.9 Å². The van der Waals surface area contributed by atoms with Crippen molar-refractivity contribution in [2.75, 3.05) is 40.3 Å². The Hall–Kier alpha value is -2.30. The van der Waals surface area contributed by atoms with Crippen LogP contribution < -0.4 is 0 Å². The molecule has 25 heavy (non-hydrogen) atoms. The first-order valence-electron chi connectivity index (χ1n) is 8.92. The summed E-state index contributed by atoms with van der Waals surface area (Å²) in [5, 5.41) is 0. The first-order chi connectivity index (χ1) is 12.0. The smallest absolute Gasteiger partial charge is 0.319 e. The third-order valence-corrected chi connectivity index (χ3v) is 4.67. The largest absolute Gasteiger partial charge is 0.338 e. The number of nitrogens with zero attached hydrogens (tertiary/aromatic N) is 3. The molecular formula is C20H29N3O2. The Bertz CT molecular complexity index is 578. The normalized spacial score (nSPS) is 14.9. The van der Waals surface area contributed by atoms with Gasteiger partial charge in [0.25, 0.3) is 0 Å². The molecule has 5 nitrogen and oxygen atoms in total. The number of benzene rings is 1. The predicted molar refractivity (Wildman–Crippen MR) is 100 cm³/mol. The highest BCUT2D eigenvalue weighted by Crippen LogP contribution is 2.20. The molecule has 2 rings (SSSR count). The van der Waals surface area contributed by atoms with Gasteiger partial charge in [-0.2, -0.15) is 0 Å². The minimum atomic E-state index is 0.00179. The monoisotopic (exact) mass is 343 g/mol. The van der Waals surface area contributed by atoms with E-state index in [2.05, 4.69) is 18.7 Å². The Morgan fingerprint density at radius 1 is 1.20 bits per heavy atom. The lowest BCUT2D eigenvalue weighted by atomic mass is 9.95. The summed E-state index contributed by atoms with van der Waals surface area (Å²) >= 11 is 0. The summed E-state index contributed by atoms with van der Waals surface area (Å²) in [6, 6.07) is 10.2. The van der Waals surface area contributed by atoms with Gasteiger partial charge in [0.05, 0.1) is 0 Å². The number of rotatable bonds is 6. The Kier molecular flexibility index (Phi) is 7.04. The van der Waals surface area contributed by atoms with E-state index in [0.29, 0.717) is 26.2 Å². The molecule has 0 radical (unpaired) electrons. The summed E-state index contributed by atoms with van der Waals surface area (Å²) in [5.74, 6) is 0.190. The Morgan fingerprint density at radius 2 is 1.84 bits per heavy atom. The Balaban J connectivity index is 1.89. The van der Waals surface area contributed by atoms with Crippen molar-refractivity contribution in [3.8, 4) is 0 Å². The van der Waals surface area contributed by atoms with Gasteiger partial charge < -0.3 is 14.7 Å². The third kappa shape index (κ3) is 5.34. The number of piperidine rings is 1. The SMILES string of the molecule is C=CCN(CCc1ccccc1)C(=O)C1CCN(C(=O)N(C)C)CC1. The van der Waals surface area contributed by atoms with Crippen molar-refractivity contribution in [3.63, 3.8) is 0 Å². The zero-order valence-electron chi connectivity index (χ0n) is 15.4. The number of carbonyl (C=O) groups excluding carboxylic acids is 2. The summed E-state index contributed by atoms with van der Waals surface area (Å²) in [5.41, 5.74) is 1.23. The molecule has 0 atom stereocenters. The average Bonchev–Trinajstić information content (AvgIpc) is 2.65. The second-order valence-corrected chi connectivity index (χ2v) is 6.75. The van der Waals surface area contributed by atoms with Crippen LogP contribution in [0.3, 0.4) is 0 Å². The molecule has 0 unspecified atom stereocenters. The number of hydrogen-bond acceptors (Lipinski definition) is 2. The minimum absolute atomic E-state index is 0.00179. The van der Waals surface area contributed by atoms with Gasteiger partial charge in [-0.25, -0.2) is 4.79 Å². The van der Waals surface area contributed by atoms with Crippen LogP contribution in [0.2, 0.25) is 0 Å². The first kappa shape index (κ1) is 19.0. The highest BCUT2D eigenvalue weighted by molar-refractivity contribution is 5.80. The molecule has 0 saturated carbocycles. The van der Waals surface area contributed by atoms with Crippen molar-refractivity contribution in [2.45, 2.75) is 19.3 Å². The van der Waals surface area contributed by atoms with Crippen LogP contribution in [0.15, 0.2) is 43.0 Å². The lowest BCUT2D eigenvalue weighted by Gasteiger charge is -2.35. The number of urea groups is 1. The van der Waals surface area contributed by atoms with E-state index in [-0.39, 0.29) is 17.9 Å². The predicted octanol–water partition coefficient (Wildman–Crippen LogP) is 2.64. The minimum Gasteiger partial charge on any atom is -0.338 e. The van der Waals surface area contributed by atoms with Crippen LogP contribution in [-0.2, 0) is 11.2 Å². The molecule has 1 aromatic rings. The van der Waals surface area contributed by atoms with E-state index in [4.69, 9.17) is 0 Å². The molecule has 1 heterocycles. The summed E-state index contributed by atoms with van der Waals surface area (Å²) in [4.78, 5) is 30.2. The van der Waals surface area contributed by atoms with Gasteiger partial charge in [-0.15, -0.1) is 6.58 Å². The highest BCUT2D eigenvalue weighted by Gasteiger charge is 2.30. The van der Waals surface area contributed by atoms with Crippen LogP contribution in [0.4, 0.5) is 4.79 Å². The number of likely N-dealkylation sites (tertiary alicyclic amines) is 1. The number of amides is 3. The third-order valence-electron chi connectivity index (χ3n) is 4.67. The van der Waals surface area contributed by atoms with Gasteiger partial charge in [0.1, 0.15) is 0 Å². The molecule has 1 fully saturated rings.